The molecule has 0 spiro atoms. The third kappa shape index (κ3) is 4.56. The van der Waals surface area contributed by atoms with Crippen molar-refractivity contribution in [3.05, 3.63) is 80.9 Å². The van der Waals surface area contributed by atoms with E-state index in [1.165, 1.54) is 41.3 Å². The molecule has 0 unspecified atom stereocenters. The Labute approximate surface area is 184 Å². The normalized spacial score (nSPS) is 11.0. The molecule has 152 valence electrons. The third-order valence-corrected chi connectivity index (χ3v) is 6.30. The van der Waals surface area contributed by atoms with Crippen molar-refractivity contribution in [3.8, 4) is 11.1 Å². The molecule has 0 fully saturated rings. The first-order valence-corrected chi connectivity index (χ1v) is 11.3. The molecule has 0 aliphatic carbocycles. The zero-order valence-electron chi connectivity index (χ0n) is 15.4. The Morgan fingerprint density at radius 3 is 2.83 bits per heavy atom. The Hall–Kier alpha value is -2.68. The van der Waals surface area contributed by atoms with Crippen LogP contribution in [0.4, 0.5) is 10.1 Å². The van der Waals surface area contributed by atoms with Crippen LogP contribution in [-0.2, 0) is 10.5 Å². The maximum absolute atomic E-state index is 13.7. The van der Waals surface area contributed by atoms with Gasteiger partial charge in [0.05, 0.1) is 22.6 Å². The van der Waals surface area contributed by atoms with Crippen molar-refractivity contribution in [1.82, 2.24) is 9.97 Å². The molecule has 30 heavy (non-hydrogen) atoms. The molecule has 1 amide bonds. The number of rotatable bonds is 6. The molecular formula is C21H15ClFN3O2S2. The molecule has 0 atom stereocenters. The maximum atomic E-state index is 13.7. The highest BCUT2D eigenvalue weighted by atomic mass is 35.5. The number of hydrogen-bond acceptors (Lipinski definition) is 5. The number of hydrogen-bond donors (Lipinski definition) is 2. The first-order valence-electron chi connectivity index (χ1n) is 8.90. The van der Waals surface area contributed by atoms with E-state index in [-0.39, 0.29) is 22.9 Å². The minimum absolute atomic E-state index is 0.0353. The summed E-state index contributed by atoms with van der Waals surface area (Å²) in [6.07, 6.45) is 0. The summed E-state index contributed by atoms with van der Waals surface area (Å²) in [5.41, 5.74) is 1.64. The summed E-state index contributed by atoms with van der Waals surface area (Å²) >= 11 is 8.50. The van der Waals surface area contributed by atoms with Crippen molar-refractivity contribution in [1.29, 1.82) is 0 Å². The van der Waals surface area contributed by atoms with E-state index in [0.717, 1.165) is 11.1 Å². The number of benzene rings is 2. The SMILES string of the molecule is O=C(CSCc1nc2scc(-c3ccccc3)c2c(=O)[nH]1)Nc1cc(Cl)ccc1F. The second-order valence-corrected chi connectivity index (χ2v) is 8.65. The number of carbonyl (C=O) groups is 1. The summed E-state index contributed by atoms with van der Waals surface area (Å²) in [4.78, 5) is 32.7. The fourth-order valence-corrected chi connectivity index (χ4v) is 4.74. The van der Waals surface area contributed by atoms with E-state index in [1.54, 1.807) is 0 Å². The molecular weight excluding hydrogens is 445 g/mol. The molecule has 0 radical (unpaired) electrons. The summed E-state index contributed by atoms with van der Waals surface area (Å²) in [6.45, 7) is 0. The lowest BCUT2D eigenvalue weighted by Crippen LogP contribution is -2.16. The summed E-state index contributed by atoms with van der Waals surface area (Å²) in [5.74, 6) is -0.0170. The van der Waals surface area contributed by atoms with Crippen LogP contribution >= 0.6 is 34.7 Å². The number of halogens is 2. The quantitative estimate of drug-likeness (QED) is 0.409. The fraction of sp³-hybridized carbons (Fsp3) is 0.0952. The van der Waals surface area contributed by atoms with Crippen LogP contribution < -0.4 is 10.9 Å². The highest BCUT2D eigenvalue weighted by molar-refractivity contribution is 7.99. The summed E-state index contributed by atoms with van der Waals surface area (Å²) in [6, 6.07) is 13.6. The van der Waals surface area contributed by atoms with Crippen molar-refractivity contribution in [2.45, 2.75) is 5.75 Å². The number of thiophene rings is 1. The van der Waals surface area contributed by atoms with E-state index < -0.39 is 5.82 Å². The van der Waals surface area contributed by atoms with Gasteiger partial charge in [0.1, 0.15) is 16.5 Å². The Kier molecular flexibility index (Phi) is 6.17. The summed E-state index contributed by atoms with van der Waals surface area (Å²) < 4.78 is 13.7. The van der Waals surface area contributed by atoms with Gasteiger partial charge in [-0.2, -0.15) is 0 Å². The van der Waals surface area contributed by atoms with Crippen molar-refractivity contribution < 1.29 is 9.18 Å². The average molecular weight is 460 g/mol. The molecule has 2 aromatic heterocycles. The van der Waals surface area contributed by atoms with Crippen LogP contribution in [0.5, 0.6) is 0 Å². The van der Waals surface area contributed by atoms with Crippen molar-refractivity contribution in [2.24, 2.45) is 0 Å². The van der Waals surface area contributed by atoms with Gasteiger partial charge in [-0.05, 0) is 23.8 Å². The molecule has 9 heteroatoms. The molecule has 4 aromatic rings. The predicted octanol–water partition coefficient (Wildman–Crippen LogP) is 5.32. The second-order valence-electron chi connectivity index (χ2n) is 6.37. The lowest BCUT2D eigenvalue weighted by Gasteiger charge is -2.07. The predicted molar refractivity (Wildman–Crippen MR) is 122 cm³/mol. The first kappa shape index (κ1) is 20.6. The monoisotopic (exact) mass is 459 g/mol. The van der Waals surface area contributed by atoms with Gasteiger partial charge in [-0.3, -0.25) is 9.59 Å². The summed E-state index contributed by atoms with van der Waals surface area (Å²) in [5, 5.41) is 5.31. The number of nitrogens with one attached hydrogen (secondary N) is 2. The smallest absolute Gasteiger partial charge is 0.260 e. The number of H-pyrrole nitrogens is 1. The Morgan fingerprint density at radius 1 is 1.23 bits per heavy atom. The molecule has 2 aromatic carbocycles. The van der Waals surface area contributed by atoms with Gasteiger partial charge in [-0.25, -0.2) is 9.37 Å². The Morgan fingerprint density at radius 2 is 2.03 bits per heavy atom. The van der Waals surface area contributed by atoms with Crippen molar-refractivity contribution in [3.63, 3.8) is 0 Å². The molecule has 2 heterocycles. The van der Waals surface area contributed by atoms with Crippen LogP contribution in [0.15, 0.2) is 58.7 Å². The van der Waals surface area contributed by atoms with Gasteiger partial charge in [0, 0.05) is 16.0 Å². The first-order chi connectivity index (χ1) is 14.5. The number of anilines is 1. The van der Waals surface area contributed by atoms with Crippen LogP contribution in [-0.4, -0.2) is 21.6 Å². The molecule has 0 bridgehead atoms. The number of nitrogens with zero attached hydrogens (tertiary/aromatic N) is 1. The molecule has 0 saturated heterocycles. The van der Waals surface area contributed by atoms with Crippen molar-refractivity contribution >= 4 is 56.5 Å². The molecule has 5 nitrogen and oxygen atoms in total. The molecule has 0 aliphatic rings. The van der Waals surface area contributed by atoms with Crippen LogP contribution in [0.3, 0.4) is 0 Å². The zero-order chi connectivity index (χ0) is 21.1. The standard InChI is InChI=1S/C21H15ClFN3O2S2/c22-13-6-7-15(23)16(8-13)24-18(27)11-29-10-17-25-20(28)19-14(9-30-21(19)26-17)12-4-2-1-3-5-12/h1-9H,10-11H2,(H,24,27)(H,25,26,28). The van der Waals surface area contributed by atoms with Gasteiger partial charge >= 0.3 is 0 Å². The highest BCUT2D eigenvalue weighted by Gasteiger charge is 2.13. The average Bonchev–Trinajstić information content (AvgIpc) is 3.16. The number of amides is 1. The van der Waals surface area contributed by atoms with Gasteiger partial charge in [0.25, 0.3) is 5.56 Å². The van der Waals surface area contributed by atoms with E-state index in [2.05, 4.69) is 15.3 Å². The van der Waals surface area contributed by atoms with Crippen LogP contribution in [0.2, 0.25) is 5.02 Å². The van der Waals surface area contributed by atoms with Gasteiger partial charge in [0.2, 0.25) is 5.91 Å². The topological polar surface area (TPSA) is 74.8 Å². The van der Waals surface area contributed by atoms with Crippen molar-refractivity contribution in [2.75, 3.05) is 11.1 Å². The number of aromatic nitrogens is 2. The number of aromatic amines is 1. The van der Waals surface area contributed by atoms with Crippen LogP contribution in [0.25, 0.3) is 21.3 Å². The number of thioether (sulfide) groups is 1. The van der Waals surface area contributed by atoms with E-state index >= 15 is 0 Å². The van der Waals surface area contributed by atoms with Crippen LogP contribution in [0.1, 0.15) is 5.82 Å². The minimum atomic E-state index is -0.555. The molecule has 0 saturated carbocycles. The van der Waals surface area contributed by atoms with E-state index in [0.29, 0.717) is 26.8 Å². The van der Waals surface area contributed by atoms with E-state index in [9.17, 15) is 14.0 Å². The largest absolute Gasteiger partial charge is 0.323 e. The summed E-state index contributed by atoms with van der Waals surface area (Å²) in [7, 11) is 0. The fourth-order valence-electron chi connectivity index (χ4n) is 2.91. The lowest BCUT2D eigenvalue weighted by atomic mass is 10.1. The van der Waals surface area contributed by atoms with E-state index in [1.807, 2.05) is 35.7 Å². The maximum Gasteiger partial charge on any atom is 0.260 e. The van der Waals surface area contributed by atoms with E-state index in [4.69, 9.17) is 11.6 Å². The molecule has 2 N–H and O–H groups in total. The van der Waals surface area contributed by atoms with Gasteiger partial charge in [-0.15, -0.1) is 23.1 Å². The van der Waals surface area contributed by atoms with Gasteiger partial charge in [0.15, 0.2) is 0 Å². The number of carbonyl (C=O) groups excluding carboxylic acids is 1. The Bertz CT molecular complexity index is 1270. The Balaban J connectivity index is 1.43. The lowest BCUT2D eigenvalue weighted by molar-refractivity contribution is -0.113. The molecule has 4 rings (SSSR count). The third-order valence-electron chi connectivity index (χ3n) is 4.25. The van der Waals surface area contributed by atoms with Gasteiger partial charge < -0.3 is 10.3 Å². The number of fused-ring (bicyclic) bond motifs is 1. The second kappa shape index (κ2) is 8.99. The van der Waals surface area contributed by atoms with Gasteiger partial charge in [-0.1, -0.05) is 41.9 Å². The highest BCUT2D eigenvalue weighted by Crippen LogP contribution is 2.30. The molecule has 0 aliphatic heterocycles. The zero-order valence-corrected chi connectivity index (χ0v) is 17.8. The van der Waals surface area contributed by atoms with Crippen LogP contribution in [0, 0.1) is 5.82 Å². The minimum Gasteiger partial charge on any atom is -0.323 e.